The molecule has 0 saturated heterocycles. The van der Waals surface area contributed by atoms with Gasteiger partial charge in [0.05, 0.1) is 12.0 Å². The lowest BCUT2D eigenvalue weighted by Gasteiger charge is -2.06. The van der Waals surface area contributed by atoms with Crippen LogP contribution >= 0.6 is 11.8 Å². The molecule has 3 aromatic rings. The number of hydrogen-bond acceptors (Lipinski definition) is 5. The quantitative estimate of drug-likeness (QED) is 0.661. The number of aromatic nitrogens is 1. The van der Waals surface area contributed by atoms with Crippen molar-refractivity contribution in [2.45, 2.75) is 4.90 Å². The molecular weight excluding hydrogens is 338 g/mol. The molecule has 0 bridgehead atoms. The van der Waals surface area contributed by atoms with Gasteiger partial charge < -0.3 is 15.1 Å². The van der Waals surface area contributed by atoms with Crippen molar-refractivity contribution in [3.05, 3.63) is 72.9 Å². The molecule has 0 spiro atoms. The van der Waals surface area contributed by atoms with Crippen LogP contribution in [0.1, 0.15) is 10.6 Å². The lowest BCUT2D eigenvalue weighted by molar-refractivity contribution is -0.113. The lowest BCUT2D eigenvalue weighted by atomic mass is 10.3. The zero-order valence-electron chi connectivity index (χ0n) is 13.1. The van der Waals surface area contributed by atoms with Crippen LogP contribution in [0.15, 0.2) is 76.5 Å². The fraction of sp³-hybridized carbons (Fsp3) is 0.0556. The second-order valence-electron chi connectivity index (χ2n) is 5.03. The van der Waals surface area contributed by atoms with Crippen LogP contribution in [0, 0.1) is 0 Å². The highest BCUT2D eigenvalue weighted by molar-refractivity contribution is 8.00. The van der Waals surface area contributed by atoms with Crippen molar-refractivity contribution in [1.29, 1.82) is 0 Å². The molecule has 0 radical (unpaired) electrons. The Bertz CT molecular complexity index is 834. The highest BCUT2D eigenvalue weighted by Gasteiger charge is 2.09. The minimum absolute atomic E-state index is 0.0913. The van der Waals surface area contributed by atoms with Crippen molar-refractivity contribution >= 4 is 35.0 Å². The van der Waals surface area contributed by atoms with Gasteiger partial charge in [0.2, 0.25) is 5.91 Å². The Kier molecular flexibility index (Phi) is 5.48. The third-order valence-electron chi connectivity index (χ3n) is 3.19. The number of hydrogen-bond donors (Lipinski definition) is 2. The number of furan rings is 1. The van der Waals surface area contributed by atoms with Gasteiger partial charge in [-0.05, 0) is 48.5 Å². The van der Waals surface area contributed by atoms with E-state index in [-0.39, 0.29) is 17.6 Å². The van der Waals surface area contributed by atoms with E-state index in [1.54, 1.807) is 48.8 Å². The number of thioether (sulfide) groups is 1. The van der Waals surface area contributed by atoms with Gasteiger partial charge in [0, 0.05) is 28.7 Å². The van der Waals surface area contributed by atoms with E-state index in [9.17, 15) is 9.59 Å². The molecule has 126 valence electrons. The highest BCUT2D eigenvalue weighted by Crippen LogP contribution is 2.21. The van der Waals surface area contributed by atoms with Gasteiger partial charge in [-0.15, -0.1) is 11.8 Å². The number of rotatable bonds is 6. The summed E-state index contributed by atoms with van der Waals surface area (Å²) in [5, 5.41) is 5.54. The maximum Gasteiger partial charge on any atom is 0.291 e. The maximum atomic E-state index is 11.9. The van der Waals surface area contributed by atoms with Gasteiger partial charge in [-0.25, -0.2) is 0 Å². The summed E-state index contributed by atoms with van der Waals surface area (Å²) in [7, 11) is 0. The van der Waals surface area contributed by atoms with Crippen LogP contribution in [-0.4, -0.2) is 22.6 Å². The van der Waals surface area contributed by atoms with Gasteiger partial charge in [-0.2, -0.15) is 0 Å². The summed E-state index contributed by atoms with van der Waals surface area (Å²) in [6.07, 6.45) is 4.70. The van der Waals surface area contributed by atoms with Gasteiger partial charge in [-0.1, -0.05) is 0 Å². The maximum absolute atomic E-state index is 11.9. The number of pyridine rings is 1. The predicted molar refractivity (Wildman–Crippen MR) is 96.7 cm³/mol. The lowest BCUT2D eigenvalue weighted by Crippen LogP contribution is -2.13. The van der Waals surface area contributed by atoms with Crippen LogP contribution in [0.5, 0.6) is 0 Å². The first-order chi connectivity index (χ1) is 12.2. The van der Waals surface area contributed by atoms with Crippen LogP contribution in [0.4, 0.5) is 11.4 Å². The molecule has 0 aliphatic carbocycles. The highest BCUT2D eigenvalue weighted by atomic mass is 32.2. The minimum atomic E-state index is -0.304. The first kappa shape index (κ1) is 16.8. The molecular formula is C18H15N3O3S. The van der Waals surface area contributed by atoms with E-state index >= 15 is 0 Å². The Morgan fingerprint density at radius 3 is 2.36 bits per heavy atom. The molecule has 0 atom stereocenters. The van der Waals surface area contributed by atoms with Crippen molar-refractivity contribution in [1.82, 2.24) is 4.98 Å². The zero-order valence-corrected chi connectivity index (χ0v) is 14.0. The number of carbonyl (C=O) groups excluding carboxylic acids is 2. The largest absolute Gasteiger partial charge is 0.459 e. The molecule has 7 heteroatoms. The third kappa shape index (κ3) is 4.95. The molecule has 2 N–H and O–H groups in total. The zero-order chi connectivity index (χ0) is 17.5. The van der Waals surface area contributed by atoms with Crippen LogP contribution < -0.4 is 10.6 Å². The van der Waals surface area contributed by atoms with E-state index in [0.29, 0.717) is 11.4 Å². The number of amides is 2. The van der Waals surface area contributed by atoms with Crippen molar-refractivity contribution in [2.24, 2.45) is 0 Å². The molecule has 2 heterocycles. The fourth-order valence-electron chi connectivity index (χ4n) is 2.02. The molecule has 6 nitrogen and oxygen atoms in total. The van der Waals surface area contributed by atoms with Crippen LogP contribution in [0.25, 0.3) is 0 Å². The van der Waals surface area contributed by atoms with Crippen LogP contribution in [0.3, 0.4) is 0 Å². The minimum Gasteiger partial charge on any atom is -0.459 e. The first-order valence-electron chi connectivity index (χ1n) is 7.48. The Morgan fingerprint density at radius 1 is 0.960 bits per heavy atom. The Hall–Kier alpha value is -3.06. The molecule has 25 heavy (non-hydrogen) atoms. The molecule has 2 aromatic heterocycles. The van der Waals surface area contributed by atoms with Gasteiger partial charge >= 0.3 is 0 Å². The summed E-state index contributed by atoms with van der Waals surface area (Å²) < 4.78 is 5.04. The predicted octanol–water partition coefficient (Wildman–Crippen LogP) is 3.66. The summed E-state index contributed by atoms with van der Waals surface area (Å²) in [4.78, 5) is 28.6. The molecule has 0 fully saturated rings. The van der Waals surface area contributed by atoms with Crippen molar-refractivity contribution < 1.29 is 14.0 Å². The third-order valence-corrected chi connectivity index (χ3v) is 4.20. The smallest absolute Gasteiger partial charge is 0.291 e. The Morgan fingerprint density at radius 2 is 1.68 bits per heavy atom. The Labute approximate surface area is 148 Å². The second-order valence-corrected chi connectivity index (χ2v) is 6.08. The first-order valence-corrected chi connectivity index (χ1v) is 8.47. The molecule has 0 aliphatic heterocycles. The number of anilines is 2. The molecule has 0 saturated carbocycles. The monoisotopic (exact) mass is 353 g/mol. The molecule has 3 rings (SSSR count). The van der Waals surface area contributed by atoms with Crippen molar-refractivity contribution in [2.75, 3.05) is 16.4 Å². The summed E-state index contributed by atoms with van der Waals surface area (Å²) in [6, 6.07) is 14.0. The van der Waals surface area contributed by atoms with E-state index in [4.69, 9.17) is 4.42 Å². The summed E-state index contributed by atoms with van der Waals surface area (Å²) in [5.41, 5.74) is 1.38. The van der Waals surface area contributed by atoms with E-state index in [0.717, 1.165) is 10.6 Å². The fourth-order valence-corrected chi connectivity index (χ4v) is 2.71. The van der Waals surface area contributed by atoms with Gasteiger partial charge in [0.25, 0.3) is 5.91 Å². The second kappa shape index (κ2) is 8.16. The number of nitrogens with one attached hydrogen (secondary N) is 2. The number of carbonyl (C=O) groups is 2. The van der Waals surface area contributed by atoms with Crippen molar-refractivity contribution in [3.8, 4) is 0 Å². The number of benzene rings is 1. The topological polar surface area (TPSA) is 84.2 Å². The van der Waals surface area contributed by atoms with Gasteiger partial charge in [0.1, 0.15) is 0 Å². The number of nitrogens with zero attached hydrogens (tertiary/aromatic N) is 1. The average Bonchev–Trinajstić information content (AvgIpc) is 3.17. The molecule has 2 amide bonds. The summed E-state index contributed by atoms with van der Waals surface area (Å²) >= 11 is 1.41. The van der Waals surface area contributed by atoms with Crippen LogP contribution in [-0.2, 0) is 4.79 Å². The molecule has 0 aliphatic rings. The summed E-state index contributed by atoms with van der Waals surface area (Å²) in [6.45, 7) is 0. The SMILES string of the molecule is O=C(CSc1ccc(NC(=O)c2ccco2)cc1)Nc1ccncc1. The van der Waals surface area contributed by atoms with E-state index < -0.39 is 0 Å². The van der Waals surface area contributed by atoms with E-state index in [2.05, 4.69) is 15.6 Å². The van der Waals surface area contributed by atoms with Crippen molar-refractivity contribution in [3.63, 3.8) is 0 Å². The van der Waals surface area contributed by atoms with E-state index in [1.165, 1.54) is 18.0 Å². The Balaban J connectivity index is 1.49. The average molecular weight is 353 g/mol. The molecule has 0 unspecified atom stereocenters. The van der Waals surface area contributed by atoms with E-state index in [1.807, 2.05) is 12.1 Å². The van der Waals surface area contributed by atoms with Gasteiger partial charge in [0.15, 0.2) is 5.76 Å². The standard InChI is InChI=1S/C18H15N3O3S/c22-17(20-14-7-9-19-10-8-14)12-25-15-5-3-13(4-6-15)21-18(23)16-2-1-11-24-16/h1-11H,12H2,(H,21,23)(H,19,20,22). The van der Waals surface area contributed by atoms with Crippen LogP contribution in [0.2, 0.25) is 0 Å². The normalized spacial score (nSPS) is 10.2. The summed E-state index contributed by atoms with van der Waals surface area (Å²) in [5.74, 6) is 0.153. The molecule has 1 aromatic carbocycles. The van der Waals surface area contributed by atoms with Gasteiger partial charge in [-0.3, -0.25) is 14.6 Å².